The highest BCUT2D eigenvalue weighted by Crippen LogP contribution is 2.27. The summed E-state index contributed by atoms with van der Waals surface area (Å²) in [7, 11) is -3.02. The SMILES string of the molecule is N[C@@H]1CCN(S(=O)(=O)CC2CCCC2)C1. The van der Waals surface area contributed by atoms with Crippen molar-refractivity contribution < 1.29 is 8.42 Å². The molecule has 4 nitrogen and oxygen atoms in total. The molecule has 0 aromatic carbocycles. The zero-order valence-corrected chi connectivity index (χ0v) is 9.88. The van der Waals surface area contributed by atoms with Crippen molar-refractivity contribution >= 4 is 10.0 Å². The molecule has 0 bridgehead atoms. The molecular weight excluding hydrogens is 212 g/mol. The van der Waals surface area contributed by atoms with Crippen molar-refractivity contribution in [1.82, 2.24) is 4.31 Å². The number of nitrogens with zero attached hydrogens (tertiary/aromatic N) is 1. The molecule has 0 amide bonds. The normalized spacial score (nSPS) is 30.1. The van der Waals surface area contributed by atoms with Gasteiger partial charge in [-0.15, -0.1) is 0 Å². The maximum Gasteiger partial charge on any atom is 0.214 e. The van der Waals surface area contributed by atoms with E-state index in [9.17, 15) is 8.42 Å². The molecular formula is C10H20N2O2S. The van der Waals surface area contributed by atoms with Crippen LogP contribution in [0.1, 0.15) is 32.1 Å². The van der Waals surface area contributed by atoms with E-state index in [0.29, 0.717) is 24.8 Å². The molecule has 1 saturated heterocycles. The summed E-state index contributed by atoms with van der Waals surface area (Å²) in [6.45, 7) is 1.14. The van der Waals surface area contributed by atoms with Gasteiger partial charge in [-0.2, -0.15) is 0 Å². The topological polar surface area (TPSA) is 63.4 Å². The highest BCUT2D eigenvalue weighted by molar-refractivity contribution is 7.89. The van der Waals surface area contributed by atoms with Crippen LogP contribution in [0.2, 0.25) is 0 Å². The zero-order chi connectivity index (χ0) is 10.9. The van der Waals surface area contributed by atoms with Gasteiger partial charge in [0, 0.05) is 19.1 Å². The average molecular weight is 232 g/mol. The van der Waals surface area contributed by atoms with Crippen molar-refractivity contribution in [2.45, 2.75) is 38.1 Å². The third-order valence-electron chi connectivity index (χ3n) is 3.50. The van der Waals surface area contributed by atoms with Gasteiger partial charge in [0.25, 0.3) is 0 Å². The molecule has 0 spiro atoms. The molecule has 0 aromatic rings. The van der Waals surface area contributed by atoms with Gasteiger partial charge in [-0.3, -0.25) is 0 Å². The van der Waals surface area contributed by atoms with E-state index in [1.54, 1.807) is 4.31 Å². The van der Waals surface area contributed by atoms with E-state index in [1.807, 2.05) is 0 Å². The minimum Gasteiger partial charge on any atom is -0.326 e. The lowest BCUT2D eigenvalue weighted by atomic mass is 10.1. The van der Waals surface area contributed by atoms with Crippen LogP contribution in [0.15, 0.2) is 0 Å². The molecule has 2 N–H and O–H groups in total. The summed E-state index contributed by atoms with van der Waals surface area (Å²) in [6.07, 6.45) is 5.36. The van der Waals surface area contributed by atoms with E-state index in [0.717, 1.165) is 19.3 Å². The second-order valence-electron chi connectivity index (χ2n) is 4.84. The standard InChI is InChI=1S/C10H20N2O2S/c11-10-5-6-12(7-10)15(13,14)8-9-3-1-2-4-9/h9-10H,1-8,11H2/t10-/m1/s1. The monoisotopic (exact) mass is 232 g/mol. The summed E-state index contributed by atoms with van der Waals surface area (Å²) < 4.78 is 25.6. The van der Waals surface area contributed by atoms with Gasteiger partial charge >= 0.3 is 0 Å². The van der Waals surface area contributed by atoms with Crippen LogP contribution in [0.3, 0.4) is 0 Å². The van der Waals surface area contributed by atoms with Crippen LogP contribution in [0.5, 0.6) is 0 Å². The maximum absolute atomic E-state index is 12.0. The summed E-state index contributed by atoms with van der Waals surface area (Å²) in [5, 5.41) is 0. The number of rotatable bonds is 3. The molecule has 2 rings (SSSR count). The van der Waals surface area contributed by atoms with E-state index in [-0.39, 0.29) is 6.04 Å². The van der Waals surface area contributed by atoms with E-state index in [4.69, 9.17) is 5.73 Å². The average Bonchev–Trinajstić information content (AvgIpc) is 2.75. The van der Waals surface area contributed by atoms with Gasteiger partial charge in [0.05, 0.1) is 5.75 Å². The lowest BCUT2D eigenvalue weighted by Crippen LogP contribution is -2.35. The van der Waals surface area contributed by atoms with Crippen LogP contribution in [-0.4, -0.2) is 37.6 Å². The molecule has 2 fully saturated rings. The van der Waals surface area contributed by atoms with Crippen molar-refractivity contribution in [2.75, 3.05) is 18.8 Å². The first-order chi connectivity index (χ1) is 7.08. The fourth-order valence-electron chi connectivity index (χ4n) is 2.59. The second-order valence-corrected chi connectivity index (χ2v) is 6.85. The zero-order valence-electron chi connectivity index (χ0n) is 9.06. The number of sulfonamides is 1. The Balaban J connectivity index is 1.94. The molecule has 1 aliphatic heterocycles. The summed E-state index contributed by atoms with van der Waals surface area (Å²) in [4.78, 5) is 0. The van der Waals surface area contributed by atoms with E-state index < -0.39 is 10.0 Å². The molecule has 1 saturated carbocycles. The minimum atomic E-state index is -3.02. The van der Waals surface area contributed by atoms with Crippen LogP contribution < -0.4 is 5.73 Å². The van der Waals surface area contributed by atoms with E-state index in [2.05, 4.69) is 0 Å². The number of hydrogen-bond acceptors (Lipinski definition) is 3. The van der Waals surface area contributed by atoms with Gasteiger partial charge in [0.15, 0.2) is 0 Å². The molecule has 15 heavy (non-hydrogen) atoms. The Labute approximate surface area is 91.9 Å². The van der Waals surface area contributed by atoms with Crippen molar-refractivity contribution in [3.05, 3.63) is 0 Å². The quantitative estimate of drug-likeness (QED) is 0.772. The van der Waals surface area contributed by atoms with Gasteiger partial charge in [-0.1, -0.05) is 12.8 Å². The first-order valence-corrected chi connectivity index (χ1v) is 7.42. The van der Waals surface area contributed by atoms with E-state index >= 15 is 0 Å². The largest absolute Gasteiger partial charge is 0.326 e. The smallest absolute Gasteiger partial charge is 0.214 e. The van der Waals surface area contributed by atoms with Crippen molar-refractivity contribution in [3.8, 4) is 0 Å². The maximum atomic E-state index is 12.0. The molecule has 1 aliphatic carbocycles. The molecule has 1 heterocycles. The van der Waals surface area contributed by atoms with Crippen LogP contribution in [-0.2, 0) is 10.0 Å². The van der Waals surface area contributed by atoms with Gasteiger partial charge in [0.2, 0.25) is 10.0 Å². The molecule has 2 aliphatic rings. The molecule has 5 heteroatoms. The highest BCUT2D eigenvalue weighted by Gasteiger charge is 2.32. The van der Waals surface area contributed by atoms with Crippen molar-refractivity contribution in [3.63, 3.8) is 0 Å². The molecule has 0 radical (unpaired) electrons. The first kappa shape index (κ1) is 11.4. The lowest BCUT2D eigenvalue weighted by Gasteiger charge is -2.18. The molecule has 0 aromatic heterocycles. The van der Waals surface area contributed by atoms with Crippen molar-refractivity contribution in [1.29, 1.82) is 0 Å². The third kappa shape index (κ3) is 2.71. The molecule has 88 valence electrons. The Morgan fingerprint density at radius 2 is 1.87 bits per heavy atom. The summed E-state index contributed by atoms with van der Waals surface area (Å²) >= 11 is 0. The minimum absolute atomic E-state index is 0.0448. The second kappa shape index (κ2) is 4.39. The molecule has 1 atom stereocenters. The highest BCUT2D eigenvalue weighted by atomic mass is 32.2. The fraction of sp³-hybridized carbons (Fsp3) is 1.00. The van der Waals surface area contributed by atoms with Crippen LogP contribution in [0.25, 0.3) is 0 Å². The number of hydrogen-bond donors (Lipinski definition) is 1. The first-order valence-electron chi connectivity index (χ1n) is 5.81. The fourth-order valence-corrected chi connectivity index (χ4v) is 4.53. The lowest BCUT2D eigenvalue weighted by molar-refractivity contribution is 0.459. The summed E-state index contributed by atoms with van der Waals surface area (Å²) in [5.41, 5.74) is 5.72. The Bertz CT molecular complexity index is 309. The van der Waals surface area contributed by atoms with E-state index in [1.165, 1.54) is 12.8 Å². The van der Waals surface area contributed by atoms with Crippen LogP contribution in [0, 0.1) is 5.92 Å². The Morgan fingerprint density at radius 1 is 1.20 bits per heavy atom. The predicted molar refractivity (Wildman–Crippen MR) is 59.9 cm³/mol. The molecule has 0 unspecified atom stereocenters. The summed E-state index contributed by atoms with van der Waals surface area (Å²) in [6, 6.07) is 0.0448. The van der Waals surface area contributed by atoms with Crippen LogP contribution in [0.4, 0.5) is 0 Å². The Hall–Kier alpha value is -0.130. The number of nitrogens with two attached hydrogens (primary N) is 1. The van der Waals surface area contributed by atoms with Gasteiger partial charge in [-0.25, -0.2) is 12.7 Å². The Morgan fingerprint density at radius 3 is 2.40 bits per heavy atom. The van der Waals surface area contributed by atoms with Crippen molar-refractivity contribution in [2.24, 2.45) is 11.7 Å². The predicted octanol–water partition coefficient (Wildman–Crippen LogP) is 0.539. The van der Waals surface area contributed by atoms with Crippen LogP contribution >= 0.6 is 0 Å². The van der Waals surface area contributed by atoms with Gasteiger partial charge in [0.1, 0.15) is 0 Å². The third-order valence-corrected chi connectivity index (χ3v) is 5.51. The van der Waals surface area contributed by atoms with Gasteiger partial charge < -0.3 is 5.73 Å². The van der Waals surface area contributed by atoms with Gasteiger partial charge in [-0.05, 0) is 25.2 Å². The summed E-state index contributed by atoms with van der Waals surface area (Å²) in [5.74, 6) is 0.742. The Kier molecular flexibility index (Phi) is 3.33.